The Kier molecular flexibility index (Phi) is 11.9. The Morgan fingerprint density at radius 1 is 0.642 bits per heavy atom. The van der Waals surface area contributed by atoms with E-state index in [9.17, 15) is 14.7 Å². The quantitative estimate of drug-likeness (QED) is 0.214. The maximum Gasteiger partial charge on any atom is 0.170 e. The first-order chi connectivity index (χ1) is 24.9. The highest BCUT2D eigenvalue weighted by molar-refractivity contribution is 6.01. The average Bonchev–Trinajstić information content (AvgIpc) is 3.11. The molecule has 6 rings (SSSR count). The largest absolute Gasteiger partial charge is 0.497 e. The second kappa shape index (κ2) is 15.4. The van der Waals surface area contributed by atoms with E-state index in [1.54, 1.807) is 46.6 Å². The number of aliphatic hydroxyl groups excluding tert-OH is 1. The van der Waals surface area contributed by atoms with Gasteiger partial charge in [0.15, 0.2) is 11.6 Å². The molecule has 4 aliphatic carbocycles. The molecule has 0 unspecified atom stereocenters. The van der Waals surface area contributed by atoms with Gasteiger partial charge < -0.3 is 24.1 Å². The number of ketones is 2. The Balaban J connectivity index is 0.000000204. The number of hydrogen-bond donors (Lipinski definition) is 1. The normalized spacial score (nSPS) is 32.7. The molecular formula is C46H66O7. The molecule has 3 fully saturated rings. The summed E-state index contributed by atoms with van der Waals surface area (Å²) in [5, 5.41) is 10.8. The van der Waals surface area contributed by atoms with Crippen molar-refractivity contribution < 1.29 is 33.6 Å². The molecule has 0 aliphatic heterocycles. The fourth-order valence-corrected chi connectivity index (χ4v) is 11.7. The van der Waals surface area contributed by atoms with Crippen molar-refractivity contribution in [2.75, 3.05) is 28.4 Å². The van der Waals surface area contributed by atoms with Gasteiger partial charge in [-0.2, -0.15) is 0 Å². The Morgan fingerprint density at radius 2 is 1.08 bits per heavy atom. The highest BCUT2D eigenvalue weighted by Gasteiger charge is 2.58. The van der Waals surface area contributed by atoms with Gasteiger partial charge in [0, 0.05) is 35.1 Å². The van der Waals surface area contributed by atoms with E-state index >= 15 is 0 Å². The van der Waals surface area contributed by atoms with Crippen LogP contribution in [0.4, 0.5) is 0 Å². The first-order valence-corrected chi connectivity index (χ1v) is 19.8. The summed E-state index contributed by atoms with van der Waals surface area (Å²) >= 11 is 0. The second-order valence-electron chi connectivity index (χ2n) is 18.5. The molecule has 0 aromatic heterocycles. The van der Waals surface area contributed by atoms with Crippen LogP contribution in [0.25, 0.3) is 0 Å². The molecule has 0 radical (unpaired) electrons. The van der Waals surface area contributed by atoms with E-state index < -0.39 is 6.10 Å². The van der Waals surface area contributed by atoms with Crippen LogP contribution in [-0.4, -0.2) is 51.2 Å². The summed E-state index contributed by atoms with van der Waals surface area (Å²) < 4.78 is 21.5. The van der Waals surface area contributed by atoms with Crippen LogP contribution in [0.3, 0.4) is 0 Å². The van der Waals surface area contributed by atoms with Gasteiger partial charge in [-0.15, -0.1) is 0 Å². The number of allylic oxidation sites excluding steroid dienone is 2. The van der Waals surface area contributed by atoms with Gasteiger partial charge in [0.2, 0.25) is 0 Å². The lowest BCUT2D eigenvalue weighted by atomic mass is 9.45. The number of carbonyl (C=O) groups excluding carboxylic acids is 2. The van der Waals surface area contributed by atoms with Crippen molar-refractivity contribution >= 4 is 11.6 Å². The third-order valence-electron chi connectivity index (χ3n) is 14.5. The summed E-state index contributed by atoms with van der Waals surface area (Å²) in [5.41, 5.74) is 2.83. The average molecular weight is 731 g/mol. The van der Waals surface area contributed by atoms with Gasteiger partial charge >= 0.3 is 0 Å². The summed E-state index contributed by atoms with van der Waals surface area (Å²) in [6.07, 6.45) is 10.6. The maximum atomic E-state index is 13.7. The molecule has 0 spiro atoms. The minimum absolute atomic E-state index is 0.00792. The predicted molar refractivity (Wildman–Crippen MR) is 211 cm³/mol. The van der Waals surface area contributed by atoms with Crippen LogP contribution in [0, 0.1) is 51.2 Å². The van der Waals surface area contributed by atoms with Crippen molar-refractivity contribution in [3.8, 4) is 23.0 Å². The van der Waals surface area contributed by atoms with E-state index in [1.807, 2.05) is 25.1 Å². The Labute approximate surface area is 319 Å². The zero-order valence-corrected chi connectivity index (χ0v) is 34.6. The molecule has 1 N–H and O–H groups in total. The predicted octanol–water partition coefficient (Wildman–Crippen LogP) is 10.4. The van der Waals surface area contributed by atoms with Crippen LogP contribution in [-0.2, 0) is 0 Å². The molecule has 4 aliphatic rings. The number of rotatable bonds is 8. The molecule has 0 saturated heterocycles. The number of Topliss-reactive ketones (excluding diaryl/α,β-unsaturated/α-hetero) is 2. The van der Waals surface area contributed by atoms with Crippen molar-refractivity contribution in [1.82, 2.24) is 0 Å². The van der Waals surface area contributed by atoms with E-state index in [0.717, 1.165) is 38.5 Å². The van der Waals surface area contributed by atoms with Gasteiger partial charge in [0.1, 0.15) is 23.0 Å². The molecule has 0 bridgehead atoms. The molecule has 8 atom stereocenters. The van der Waals surface area contributed by atoms with Gasteiger partial charge in [-0.05, 0) is 109 Å². The summed E-state index contributed by atoms with van der Waals surface area (Å²) in [5.74, 6) is 3.39. The fourth-order valence-electron chi connectivity index (χ4n) is 11.7. The van der Waals surface area contributed by atoms with Crippen molar-refractivity contribution in [2.24, 2.45) is 51.2 Å². The van der Waals surface area contributed by atoms with Crippen LogP contribution in [0.5, 0.6) is 23.0 Å². The molecule has 0 amide bonds. The number of ether oxygens (including phenoxy) is 4. The lowest BCUT2D eigenvalue weighted by Gasteiger charge is -2.59. The summed E-state index contributed by atoms with van der Waals surface area (Å²) in [6.45, 7) is 18.1. The first-order valence-electron chi connectivity index (χ1n) is 19.8. The lowest BCUT2D eigenvalue weighted by Crippen LogP contribution is -2.57. The standard InChI is InChI=1S/C23H34O4.C23H32O3/c1-14-18(24)13-19-22(2,3)8-7-9-23(19,4)20(14)21(25)15-10-16(26-5)12-17(11-15)27-6;1-15-8-9-19-22(2,3)10-7-11-23(19,4)20(15)21(24)16-12-17(25-5)14-18(13-16)26-6/h10-12,14,18-20,24H,7-9,13H2,1-6H3;8,12-14,19-20H,7,9-11H2,1-6H3/t14-,18+,19-,20+,23-;19-,20+,23-/m00/s1. The Morgan fingerprint density at radius 3 is 1.55 bits per heavy atom. The van der Waals surface area contributed by atoms with Crippen LogP contribution in [0.15, 0.2) is 48.0 Å². The van der Waals surface area contributed by atoms with Crippen molar-refractivity contribution in [3.05, 3.63) is 59.2 Å². The molecular weight excluding hydrogens is 664 g/mol. The maximum absolute atomic E-state index is 13.7. The highest BCUT2D eigenvalue weighted by Crippen LogP contribution is 2.62. The molecule has 0 heterocycles. The Hall–Kier alpha value is -3.32. The van der Waals surface area contributed by atoms with Crippen molar-refractivity contribution in [1.29, 1.82) is 0 Å². The monoisotopic (exact) mass is 730 g/mol. The van der Waals surface area contributed by atoms with Crippen LogP contribution in [0.2, 0.25) is 0 Å². The Bertz CT molecular complexity index is 1640. The van der Waals surface area contributed by atoms with Crippen LogP contribution in [0.1, 0.15) is 127 Å². The second-order valence-corrected chi connectivity index (χ2v) is 18.5. The van der Waals surface area contributed by atoms with E-state index in [2.05, 4.69) is 54.5 Å². The van der Waals surface area contributed by atoms with Gasteiger partial charge in [-0.3, -0.25) is 9.59 Å². The van der Waals surface area contributed by atoms with Crippen molar-refractivity contribution in [3.63, 3.8) is 0 Å². The van der Waals surface area contributed by atoms with Gasteiger partial charge in [0.25, 0.3) is 0 Å². The minimum atomic E-state index is -0.443. The zero-order chi connectivity index (χ0) is 39.1. The SMILES string of the molecule is COc1cc(OC)cc(C(=O)[C@H]2C(C)=CC[C@H]3C(C)(C)CCC[C@]23C)c1.COc1cc(OC)cc(C(=O)[C@H]2[C@@H](C)[C@H](O)C[C@H]3C(C)(C)CCC[C@]23C)c1. The van der Waals surface area contributed by atoms with E-state index in [1.165, 1.54) is 18.4 Å². The molecule has 2 aromatic rings. The number of aliphatic hydroxyl groups is 1. The molecule has 3 saturated carbocycles. The number of benzene rings is 2. The highest BCUT2D eigenvalue weighted by atomic mass is 16.5. The summed E-state index contributed by atoms with van der Waals surface area (Å²) in [4.78, 5) is 27.4. The van der Waals surface area contributed by atoms with E-state index in [0.29, 0.717) is 46.0 Å². The topological polar surface area (TPSA) is 91.3 Å². The third kappa shape index (κ3) is 7.66. The fraction of sp³-hybridized carbons (Fsp3) is 0.652. The zero-order valence-electron chi connectivity index (χ0n) is 34.6. The molecule has 2 aromatic carbocycles. The third-order valence-corrected chi connectivity index (χ3v) is 14.5. The molecule has 53 heavy (non-hydrogen) atoms. The van der Waals surface area contributed by atoms with Gasteiger partial charge in [0.05, 0.1) is 34.5 Å². The van der Waals surface area contributed by atoms with E-state index in [4.69, 9.17) is 18.9 Å². The molecule has 7 heteroatoms. The summed E-state index contributed by atoms with van der Waals surface area (Å²) in [7, 11) is 6.43. The minimum Gasteiger partial charge on any atom is -0.497 e. The van der Waals surface area contributed by atoms with Crippen LogP contribution >= 0.6 is 0 Å². The van der Waals surface area contributed by atoms with Crippen molar-refractivity contribution in [2.45, 2.75) is 113 Å². The molecule has 292 valence electrons. The van der Waals surface area contributed by atoms with Crippen LogP contribution < -0.4 is 18.9 Å². The number of methoxy groups -OCH3 is 4. The van der Waals surface area contributed by atoms with Gasteiger partial charge in [-0.1, -0.05) is 73.0 Å². The number of hydrogen-bond acceptors (Lipinski definition) is 7. The summed E-state index contributed by atoms with van der Waals surface area (Å²) in [6, 6.07) is 10.9. The smallest absolute Gasteiger partial charge is 0.170 e. The van der Waals surface area contributed by atoms with E-state index in [-0.39, 0.29) is 51.0 Å². The molecule has 7 nitrogen and oxygen atoms in total. The lowest BCUT2D eigenvalue weighted by molar-refractivity contribution is -0.125. The first kappa shape index (κ1) is 40.9. The van der Waals surface area contributed by atoms with Gasteiger partial charge in [-0.25, -0.2) is 0 Å². The number of fused-ring (bicyclic) bond motifs is 2. The number of carbonyl (C=O) groups is 2.